The van der Waals surface area contributed by atoms with E-state index in [0.29, 0.717) is 18.2 Å². The van der Waals surface area contributed by atoms with Crippen LogP contribution in [0.15, 0.2) is 11.5 Å². The van der Waals surface area contributed by atoms with Crippen molar-refractivity contribution in [3.63, 3.8) is 0 Å². The van der Waals surface area contributed by atoms with Gasteiger partial charge < -0.3 is 15.0 Å². The summed E-state index contributed by atoms with van der Waals surface area (Å²) in [5.74, 6) is 0.213. The van der Waals surface area contributed by atoms with Crippen molar-refractivity contribution in [2.75, 3.05) is 12.3 Å². The maximum Gasteiger partial charge on any atom is 0.230 e. The van der Waals surface area contributed by atoms with Crippen molar-refractivity contribution in [3.8, 4) is 0 Å². The van der Waals surface area contributed by atoms with Gasteiger partial charge in [0.2, 0.25) is 5.91 Å². The average molecular weight is 298 g/mol. The molecule has 1 unspecified atom stereocenters. The highest BCUT2D eigenvalue weighted by Crippen LogP contribution is 2.37. The Bertz CT molecular complexity index is 457. The summed E-state index contributed by atoms with van der Waals surface area (Å²) in [6, 6.07) is 0.515. The fourth-order valence-corrected chi connectivity index (χ4v) is 2.85. The van der Waals surface area contributed by atoms with Crippen LogP contribution in [0.1, 0.15) is 45.6 Å². The molecule has 1 aromatic heterocycles. The van der Waals surface area contributed by atoms with Crippen molar-refractivity contribution >= 4 is 17.7 Å². The maximum absolute atomic E-state index is 11.8. The highest BCUT2D eigenvalue weighted by Gasteiger charge is 2.26. The highest BCUT2D eigenvalue weighted by atomic mass is 32.2. The van der Waals surface area contributed by atoms with Gasteiger partial charge in [0.25, 0.3) is 0 Å². The Balaban J connectivity index is 1.73. The van der Waals surface area contributed by atoms with Crippen LogP contribution in [0.4, 0.5) is 0 Å². The minimum atomic E-state index is -0.830. The van der Waals surface area contributed by atoms with E-state index in [4.69, 9.17) is 0 Å². The van der Waals surface area contributed by atoms with Gasteiger partial charge in [-0.25, -0.2) is 0 Å². The predicted molar refractivity (Wildman–Crippen MR) is 77.6 cm³/mol. The first-order valence-corrected chi connectivity index (χ1v) is 8.02. The van der Waals surface area contributed by atoms with E-state index in [1.165, 1.54) is 11.8 Å². The lowest BCUT2D eigenvalue weighted by molar-refractivity contribution is -0.119. The minimum absolute atomic E-state index is 0.0864. The number of amides is 1. The van der Waals surface area contributed by atoms with E-state index in [1.54, 1.807) is 13.3 Å². The van der Waals surface area contributed by atoms with Crippen LogP contribution in [0.25, 0.3) is 0 Å². The zero-order valence-corrected chi connectivity index (χ0v) is 12.8. The normalized spacial score (nSPS) is 17.8. The van der Waals surface area contributed by atoms with Crippen LogP contribution in [-0.2, 0) is 4.79 Å². The van der Waals surface area contributed by atoms with E-state index in [0.717, 1.165) is 24.4 Å². The van der Waals surface area contributed by atoms with Crippen LogP contribution in [0.3, 0.4) is 0 Å². The number of hydrogen-bond donors (Lipinski definition) is 2. The van der Waals surface area contributed by atoms with E-state index >= 15 is 0 Å². The van der Waals surface area contributed by atoms with Crippen molar-refractivity contribution < 1.29 is 9.90 Å². The van der Waals surface area contributed by atoms with Crippen molar-refractivity contribution in [2.45, 2.75) is 56.3 Å². The first-order valence-electron chi connectivity index (χ1n) is 7.03. The third-order valence-electron chi connectivity index (χ3n) is 3.27. The second-order valence-corrected chi connectivity index (χ2v) is 6.51. The quantitative estimate of drug-likeness (QED) is 0.709. The summed E-state index contributed by atoms with van der Waals surface area (Å²) in [5.41, 5.74) is -0.830. The number of rotatable bonds is 8. The van der Waals surface area contributed by atoms with Gasteiger partial charge in [0.1, 0.15) is 6.33 Å². The molecule has 1 amide bonds. The summed E-state index contributed by atoms with van der Waals surface area (Å²) in [6.45, 7) is 4.04. The lowest BCUT2D eigenvalue weighted by Gasteiger charge is -2.22. The lowest BCUT2D eigenvalue weighted by Crippen LogP contribution is -2.41. The van der Waals surface area contributed by atoms with Gasteiger partial charge in [0, 0.05) is 12.6 Å². The van der Waals surface area contributed by atoms with Crippen LogP contribution in [0.5, 0.6) is 0 Å². The second kappa shape index (κ2) is 6.58. The van der Waals surface area contributed by atoms with Gasteiger partial charge in [-0.15, -0.1) is 10.2 Å². The SMILES string of the molecule is CCCC(C)(O)CNC(=O)CSc1nncn1C1CC1. The Morgan fingerprint density at radius 2 is 2.40 bits per heavy atom. The number of thioether (sulfide) groups is 1. The van der Waals surface area contributed by atoms with Crippen molar-refractivity contribution in [1.29, 1.82) is 0 Å². The molecule has 6 nitrogen and oxygen atoms in total. The van der Waals surface area contributed by atoms with E-state index in [-0.39, 0.29) is 12.5 Å². The summed E-state index contributed by atoms with van der Waals surface area (Å²) < 4.78 is 2.03. The molecule has 1 saturated carbocycles. The molecule has 0 aliphatic heterocycles. The number of carbonyl (C=O) groups excluding carboxylic acids is 1. The molecule has 0 bridgehead atoms. The molecular formula is C13H22N4O2S. The van der Waals surface area contributed by atoms with Gasteiger partial charge in [-0.3, -0.25) is 4.79 Å². The van der Waals surface area contributed by atoms with Crippen molar-refractivity contribution in [1.82, 2.24) is 20.1 Å². The number of nitrogens with one attached hydrogen (secondary N) is 1. The maximum atomic E-state index is 11.8. The molecule has 2 rings (SSSR count). The zero-order chi connectivity index (χ0) is 14.6. The van der Waals surface area contributed by atoms with Gasteiger partial charge in [-0.2, -0.15) is 0 Å². The molecule has 0 spiro atoms. The molecular weight excluding hydrogens is 276 g/mol. The van der Waals surface area contributed by atoms with Gasteiger partial charge in [0.15, 0.2) is 5.16 Å². The second-order valence-electron chi connectivity index (χ2n) is 5.56. The number of nitrogens with zero attached hydrogens (tertiary/aromatic N) is 3. The minimum Gasteiger partial charge on any atom is -0.388 e. The van der Waals surface area contributed by atoms with Crippen molar-refractivity contribution in [3.05, 3.63) is 6.33 Å². The third-order valence-corrected chi connectivity index (χ3v) is 4.22. The predicted octanol–water partition coefficient (Wildman–Crippen LogP) is 1.37. The fraction of sp³-hybridized carbons (Fsp3) is 0.769. The average Bonchev–Trinajstić information content (AvgIpc) is 3.13. The Hall–Kier alpha value is -1.08. The van der Waals surface area contributed by atoms with Crippen LogP contribution in [0, 0.1) is 0 Å². The number of hydrogen-bond acceptors (Lipinski definition) is 5. The number of aliphatic hydroxyl groups is 1. The van der Waals surface area contributed by atoms with E-state index in [9.17, 15) is 9.90 Å². The van der Waals surface area contributed by atoms with Crippen LogP contribution >= 0.6 is 11.8 Å². The Morgan fingerprint density at radius 3 is 3.05 bits per heavy atom. The lowest BCUT2D eigenvalue weighted by atomic mass is 10.0. The molecule has 1 aromatic rings. The molecule has 1 atom stereocenters. The summed E-state index contributed by atoms with van der Waals surface area (Å²) in [5, 5.41) is 21.5. The molecule has 2 N–H and O–H groups in total. The molecule has 1 heterocycles. The van der Waals surface area contributed by atoms with E-state index in [2.05, 4.69) is 15.5 Å². The molecule has 0 saturated heterocycles. The van der Waals surface area contributed by atoms with Gasteiger partial charge in [0.05, 0.1) is 11.4 Å². The number of aromatic nitrogens is 3. The van der Waals surface area contributed by atoms with Gasteiger partial charge in [-0.05, 0) is 26.2 Å². The Labute approximate surface area is 123 Å². The van der Waals surface area contributed by atoms with E-state index in [1.807, 2.05) is 11.5 Å². The smallest absolute Gasteiger partial charge is 0.230 e. The monoisotopic (exact) mass is 298 g/mol. The molecule has 1 fully saturated rings. The molecule has 112 valence electrons. The zero-order valence-electron chi connectivity index (χ0n) is 12.0. The summed E-state index contributed by atoms with van der Waals surface area (Å²) in [6.07, 6.45) is 5.62. The molecule has 1 aliphatic carbocycles. The molecule has 1 aliphatic rings. The molecule has 7 heteroatoms. The third kappa shape index (κ3) is 4.49. The summed E-state index contributed by atoms with van der Waals surface area (Å²) in [4.78, 5) is 11.8. The van der Waals surface area contributed by atoms with Crippen molar-refractivity contribution in [2.24, 2.45) is 0 Å². The van der Waals surface area contributed by atoms with Gasteiger partial charge >= 0.3 is 0 Å². The molecule has 0 aromatic carbocycles. The highest BCUT2D eigenvalue weighted by molar-refractivity contribution is 7.99. The Morgan fingerprint density at radius 1 is 1.65 bits per heavy atom. The number of carbonyl (C=O) groups is 1. The molecule has 0 radical (unpaired) electrons. The van der Waals surface area contributed by atoms with Crippen LogP contribution in [0.2, 0.25) is 0 Å². The van der Waals surface area contributed by atoms with E-state index < -0.39 is 5.60 Å². The molecule has 20 heavy (non-hydrogen) atoms. The van der Waals surface area contributed by atoms with Gasteiger partial charge in [-0.1, -0.05) is 25.1 Å². The van der Waals surface area contributed by atoms with Crippen LogP contribution < -0.4 is 5.32 Å². The first kappa shape index (κ1) is 15.3. The summed E-state index contributed by atoms with van der Waals surface area (Å²) >= 11 is 1.39. The standard InChI is InChI=1S/C13H22N4O2S/c1-3-6-13(2,19)8-14-11(18)7-20-12-16-15-9-17(12)10-4-5-10/h9-10,19H,3-8H2,1-2H3,(H,14,18). The summed E-state index contributed by atoms with van der Waals surface area (Å²) in [7, 11) is 0. The topological polar surface area (TPSA) is 80.0 Å². The van der Waals surface area contributed by atoms with Crippen LogP contribution in [-0.4, -0.2) is 43.7 Å². The fourth-order valence-electron chi connectivity index (χ4n) is 2.04. The largest absolute Gasteiger partial charge is 0.388 e. The Kier molecular flexibility index (Phi) is 5.04. The first-order chi connectivity index (χ1) is 9.52.